The van der Waals surface area contributed by atoms with Crippen molar-refractivity contribution in [2.45, 2.75) is 50.8 Å². The standard InChI is InChI=1S/C37H43N5O8/c1-47-31-7-3-24-4-8-34(43)39-21-27-5-6-28(20-32(27)48-2)50-30-13-18-42(22-29(30)40-35(44)23-49-33(31)19-24)37(46)26-11-16-41(17-12-26)36(45)25-9-14-38-15-10-25/h3,5-7,9-10,14-15,19-20,26,29-30H,4,8,11-13,16-18,21-23H2,1-2H3,(H,39,43)(H,40,44)/t29-,30+/m1/s1. The average molecular weight is 686 g/mol. The van der Waals surface area contributed by atoms with Crippen LogP contribution in [0, 0.1) is 5.92 Å². The molecule has 0 aliphatic carbocycles. The van der Waals surface area contributed by atoms with Crippen molar-refractivity contribution in [1.82, 2.24) is 25.4 Å². The Hall–Kier alpha value is -5.33. The molecule has 2 fully saturated rings. The second kappa shape index (κ2) is 15.9. The second-order valence-corrected chi connectivity index (χ2v) is 12.7. The minimum atomic E-state index is -0.530. The number of carbonyl (C=O) groups is 4. The van der Waals surface area contributed by atoms with Crippen molar-refractivity contribution in [2.24, 2.45) is 5.92 Å². The number of carbonyl (C=O) groups excluding carboxylic acids is 4. The summed E-state index contributed by atoms with van der Waals surface area (Å²) in [5.74, 6) is 1.20. The molecule has 4 aliphatic heterocycles. The van der Waals surface area contributed by atoms with Crippen molar-refractivity contribution in [3.63, 3.8) is 0 Å². The van der Waals surface area contributed by atoms with E-state index in [1.165, 1.54) is 7.11 Å². The number of hydrogen-bond acceptors (Lipinski definition) is 9. The summed E-state index contributed by atoms with van der Waals surface area (Å²) in [4.78, 5) is 60.4. The summed E-state index contributed by atoms with van der Waals surface area (Å²) < 4.78 is 23.4. The summed E-state index contributed by atoms with van der Waals surface area (Å²) in [5, 5.41) is 6.02. The van der Waals surface area contributed by atoms with Crippen LogP contribution in [-0.4, -0.2) is 97.6 Å². The van der Waals surface area contributed by atoms with Gasteiger partial charge in [0, 0.05) is 81.1 Å². The molecule has 3 aromatic rings. The highest BCUT2D eigenvalue weighted by molar-refractivity contribution is 5.94. The number of ether oxygens (including phenoxy) is 4. The molecule has 264 valence electrons. The molecule has 2 aromatic carbocycles. The Morgan fingerprint density at radius 3 is 2.38 bits per heavy atom. The lowest BCUT2D eigenvalue weighted by Crippen LogP contribution is -2.59. The van der Waals surface area contributed by atoms with E-state index in [-0.39, 0.29) is 55.7 Å². The number of nitrogens with zero attached hydrogens (tertiary/aromatic N) is 3. The first-order valence-corrected chi connectivity index (χ1v) is 17.0. The van der Waals surface area contributed by atoms with Gasteiger partial charge >= 0.3 is 0 Å². The second-order valence-electron chi connectivity index (χ2n) is 12.7. The van der Waals surface area contributed by atoms with Crippen LogP contribution in [0.1, 0.15) is 47.2 Å². The lowest BCUT2D eigenvalue weighted by molar-refractivity contribution is -0.140. The molecule has 0 saturated carbocycles. The fourth-order valence-electron chi connectivity index (χ4n) is 6.72. The molecule has 1 aromatic heterocycles. The van der Waals surface area contributed by atoms with Gasteiger partial charge < -0.3 is 39.4 Å². The third-order valence-electron chi connectivity index (χ3n) is 9.52. The fourth-order valence-corrected chi connectivity index (χ4v) is 6.72. The SMILES string of the molecule is COc1cc2ccc1CNC(=O)CCc1ccc(OC)c(c1)OCC(=O)N[C@@H]1CN(C(=O)C3CCN(C(=O)c4ccncc4)CC3)CC[C@@H]1O2. The van der Waals surface area contributed by atoms with Crippen LogP contribution in [0.4, 0.5) is 0 Å². The molecule has 7 rings (SSSR count). The third kappa shape index (κ3) is 8.27. The molecule has 4 bridgehead atoms. The van der Waals surface area contributed by atoms with E-state index in [1.54, 1.807) is 59.6 Å². The van der Waals surface area contributed by atoms with Crippen molar-refractivity contribution in [3.05, 3.63) is 77.6 Å². The van der Waals surface area contributed by atoms with E-state index in [0.29, 0.717) is 73.9 Å². The van der Waals surface area contributed by atoms with Gasteiger partial charge in [-0.1, -0.05) is 6.07 Å². The predicted octanol–water partition coefficient (Wildman–Crippen LogP) is 2.76. The van der Waals surface area contributed by atoms with Crippen molar-refractivity contribution in [2.75, 3.05) is 47.0 Å². The van der Waals surface area contributed by atoms with Gasteiger partial charge in [-0.25, -0.2) is 0 Å². The van der Waals surface area contributed by atoms with Crippen LogP contribution in [0.25, 0.3) is 0 Å². The summed E-state index contributed by atoms with van der Waals surface area (Å²) in [6, 6.07) is 13.7. The summed E-state index contributed by atoms with van der Waals surface area (Å²) in [6.07, 6.45) is 5.08. The van der Waals surface area contributed by atoms with Gasteiger partial charge in [0.1, 0.15) is 17.6 Å². The smallest absolute Gasteiger partial charge is 0.258 e. The van der Waals surface area contributed by atoms with E-state index in [2.05, 4.69) is 15.6 Å². The number of rotatable bonds is 4. The maximum absolute atomic E-state index is 13.8. The number of pyridine rings is 1. The number of hydrogen-bond donors (Lipinski definition) is 2. The number of fused-ring (bicyclic) bond motifs is 9. The third-order valence-corrected chi connectivity index (χ3v) is 9.52. The van der Waals surface area contributed by atoms with Crippen LogP contribution in [-0.2, 0) is 27.3 Å². The van der Waals surface area contributed by atoms with E-state index >= 15 is 0 Å². The first kappa shape index (κ1) is 34.5. The van der Waals surface area contributed by atoms with Crippen LogP contribution in [0.5, 0.6) is 23.0 Å². The summed E-state index contributed by atoms with van der Waals surface area (Å²) >= 11 is 0. The lowest BCUT2D eigenvalue weighted by Gasteiger charge is -2.41. The quantitative estimate of drug-likeness (QED) is 0.423. The normalized spacial score (nSPS) is 20.4. The summed E-state index contributed by atoms with van der Waals surface area (Å²) in [5.41, 5.74) is 2.24. The van der Waals surface area contributed by atoms with Crippen LogP contribution < -0.4 is 29.6 Å². The molecular formula is C37H43N5O8. The molecule has 2 N–H and O–H groups in total. The molecular weight excluding hydrogens is 642 g/mol. The molecule has 0 spiro atoms. The Bertz CT molecular complexity index is 1690. The van der Waals surface area contributed by atoms with E-state index in [1.807, 2.05) is 18.2 Å². The van der Waals surface area contributed by atoms with E-state index in [9.17, 15) is 19.2 Å². The fraction of sp³-hybridized carbons (Fsp3) is 0.432. The van der Waals surface area contributed by atoms with Gasteiger partial charge in [-0.3, -0.25) is 24.2 Å². The maximum atomic E-state index is 13.8. The largest absolute Gasteiger partial charge is 0.496 e. The van der Waals surface area contributed by atoms with Crippen molar-refractivity contribution in [3.8, 4) is 23.0 Å². The first-order chi connectivity index (χ1) is 24.3. The van der Waals surface area contributed by atoms with E-state index in [4.69, 9.17) is 18.9 Å². The zero-order chi connectivity index (χ0) is 35.0. The molecule has 5 heterocycles. The van der Waals surface area contributed by atoms with Gasteiger partial charge in [0.15, 0.2) is 18.1 Å². The molecule has 4 aliphatic rings. The van der Waals surface area contributed by atoms with Crippen LogP contribution in [0.2, 0.25) is 0 Å². The topological polar surface area (TPSA) is 149 Å². The number of nitrogens with one attached hydrogen (secondary N) is 2. The number of likely N-dealkylation sites (tertiary alicyclic amines) is 2. The number of piperidine rings is 2. The molecule has 50 heavy (non-hydrogen) atoms. The van der Waals surface area contributed by atoms with Crippen molar-refractivity contribution >= 4 is 23.6 Å². The van der Waals surface area contributed by atoms with Crippen molar-refractivity contribution < 1.29 is 38.1 Å². The van der Waals surface area contributed by atoms with E-state index in [0.717, 1.165) is 11.1 Å². The van der Waals surface area contributed by atoms with Crippen molar-refractivity contribution in [1.29, 1.82) is 0 Å². The van der Waals surface area contributed by atoms with Gasteiger partial charge in [-0.15, -0.1) is 0 Å². The molecule has 0 unspecified atom stereocenters. The Kier molecular flexibility index (Phi) is 11.0. The van der Waals surface area contributed by atoms with Gasteiger partial charge in [0.2, 0.25) is 11.8 Å². The summed E-state index contributed by atoms with van der Waals surface area (Å²) in [6.45, 7) is 1.68. The van der Waals surface area contributed by atoms with Gasteiger partial charge in [0.05, 0.1) is 20.3 Å². The van der Waals surface area contributed by atoms with Crippen LogP contribution >= 0.6 is 0 Å². The monoisotopic (exact) mass is 685 g/mol. The molecule has 4 amide bonds. The number of aromatic nitrogens is 1. The zero-order valence-electron chi connectivity index (χ0n) is 28.4. The van der Waals surface area contributed by atoms with Gasteiger partial charge in [-0.2, -0.15) is 0 Å². The van der Waals surface area contributed by atoms with E-state index < -0.39 is 12.1 Å². The first-order valence-electron chi connectivity index (χ1n) is 17.0. The molecule has 0 radical (unpaired) electrons. The lowest BCUT2D eigenvalue weighted by atomic mass is 9.92. The number of benzene rings is 2. The Labute approximate surface area is 291 Å². The highest BCUT2D eigenvalue weighted by Gasteiger charge is 2.38. The average Bonchev–Trinajstić information content (AvgIpc) is 3.15. The maximum Gasteiger partial charge on any atom is 0.258 e. The Morgan fingerprint density at radius 1 is 0.860 bits per heavy atom. The predicted molar refractivity (Wildman–Crippen MR) is 182 cm³/mol. The minimum Gasteiger partial charge on any atom is -0.496 e. The highest BCUT2D eigenvalue weighted by atomic mass is 16.5. The summed E-state index contributed by atoms with van der Waals surface area (Å²) in [7, 11) is 3.09. The molecule has 2 saturated heterocycles. The molecule has 13 heteroatoms. The van der Waals surface area contributed by atoms with Crippen LogP contribution in [0.15, 0.2) is 60.9 Å². The molecule has 2 atom stereocenters. The number of amides is 4. The molecule has 13 nitrogen and oxygen atoms in total. The number of aryl methyl sites for hydroxylation is 1. The van der Waals surface area contributed by atoms with Crippen LogP contribution in [0.3, 0.4) is 0 Å². The van der Waals surface area contributed by atoms with Gasteiger partial charge in [-0.05, 0) is 61.2 Å². The number of methoxy groups -OCH3 is 2. The van der Waals surface area contributed by atoms with Gasteiger partial charge in [0.25, 0.3) is 11.8 Å². The minimum absolute atomic E-state index is 0.00935. The Morgan fingerprint density at radius 2 is 1.62 bits per heavy atom. The highest BCUT2D eigenvalue weighted by Crippen LogP contribution is 2.31. The zero-order valence-corrected chi connectivity index (χ0v) is 28.4. The Balaban J connectivity index is 1.18.